The van der Waals surface area contributed by atoms with Crippen molar-refractivity contribution in [2.75, 3.05) is 26.2 Å². The number of carboxylic acids is 1. The van der Waals surface area contributed by atoms with E-state index in [2.05, 4.69) is 57.9 Å². The number of rotatable bonds is 7. The number of ether oxygens (including phenoxy) is 1. The van der Waals surface area contributed by atoms with Gasteiger partial charge in [-0.05, 0) is 168 Å². The quantitative estimate of drug-likeness (QED) is 0.207. The van der Waals surface area contributed by atoms with Crippen LogP contribution in [-0.4, -0.2) is 71.1 Å². The van der Waals surface area contributed by atoms with Crippen molar-refractivity contribution in [3.05, 3.63) is 12.2 Å². The van der Waals surface area contributed by atoms with Crippen LogP contribution in [-0.2, 0) is 19.1 Å². The van der Waals surface area contributed by atoms with Gasteiger partial charge in [0, 0.05) is 24.5 Å². The highest BCUT2D eigenvalue weighted by molar-refractivity contribution is 5.85. The molecule has 302 valence electrons. The number of nitrogens with zero attached hydrogens (tertiary/aromatic N) is 2. The third-order valence-corrected chi connectivity index (χ3v) is 19.8. The molecule has 0 spiro atoms. The molecule has 54 heavy (non-hydrogen) atoms. The molecule has 2 aliphatic heterocycles. The monoisotopic (exact) mass is 747 g/mol. The van der Waals surface area contributed by atoms with E-state index in [1.54, 1.807) is 0 Å². The largest absolute Gasteiger partial charge is 0.481 e. The highest BCUT2D eigenvalue weighted by Crippen LogP contribution is 2.78. The number of hydrogen-bond donors (Lipinski definition) is 1. The number of likely N-dealkylation sites (tertiary alicyclic amines) is 2. The zero-order valence-corrected chi connectivity index (χ0v) is 35.3. The minimum absolute atomic E-state index is 0.143. The Morgan fingerprint density at radius 2 is 1.46 bits per heavy atom. The first-order valence-corrected chi connectivity index (χ1v) is 22.4. The lowest BCUT2D eigenvalue weighted by molar-refractivity contribution is -0.251. The van der Waals surface area contributed by atoms with Gasteiger partial charge < -0.3 is 19.6 Å². The number of carbonyl (C=O) groups excluding carboxylic acids is 2. The van der Waals surface area contributed by atoms with E-state index in [4.69, 9.17) is 4.74 Å². The van der Waals surface area contributed by atoms with Crippen LogP contribution in [0.4, 0.5) is 0 Å². The van der Waals surface area contributed by atoms with Crippen LogP contribution in [0.25, 0.3) is 0 Å². The predicted octanol–water partition coefficient (Wildman–Crippen LogP) is 9.39. The van der Waals surface area contributed by atoms with E-state index in [1.165, 1.54) is 50.8 Å². The lowest BCUT2D eigenvalue weighted by Crippen LogP contribution is -2.67. The molecule has 0 radical (unpaired) electrons. The van der Waals surface area contributed by atoms with Gasteiger partial charge in [-0.1, -0.05) is 60.6 Å². The maximum atomic E-state index is 15.3. The van der Waals surface area contributed by atoms with Crippen LogP contribution < -0.4 is 0 Å². The number of amides is 1. The first-order chi connectivity index (χ1) is 25.3. The van der Waals surface area contributed by atoms with Gasteiger partial charge in [0.05, 0.1) is 17.3 Å². The molecule has 0 aromatic carbocycles. The molecule has 0 bridgehead atoms. The summed E-state index contributed by atoms with van der Waals surface area (Å²) < 4.78 is 6.46. The van der Waals surface area contributed by atoms with Gasteiger partial charge in [-0.2, -0.15) is 0 Å². The van der Waals surface area contributed by atoms with Crippen LogP contribution in [0.5, 0.6) is 0 Å². The second-order valence-corrected chi connectivity index (χ2v) is 22.4. The van der Waals surface area contributed by atoms with Gasteiger partial charge in [-0.3, -0.25) is 14.4 Å². The van der Waals surface area contributed by atoms with E-state index < -0.39 is 17.3 Å². The fraction of sp³-hybridized carbons (Fsp3) is 0.894. The van der Waals surface area contributed by atoms with Crippen molar-refractivity contribution in [2.24, 2.45) is 73.9 Å². The van der Waals surface area contributed by atoms with E-state index in [-0.39, 0.29) is 45.1 Å². The summed E-state index contributed by atoms with van der Waals surface area (Å²) in [7, 11) is 0. The number of esters is 1. The molecule has 1 amide bonds. The summed E-state index contributed by atoms with van der Waals surface area (Å²) in [6, 6.07) is 0.380. The minimum atomic E-state index is -0.807. The molecular formula is C47H74N2O5. The van der Waals surface area contributed by atoms with Gasteiger partial charge in [-0.25, -0.2) is 0 Å². The van der Waals surface area contributed by atoms with Crippen molar-refractivity contribution in [2.45, 2.75) is 164 Å². The Morgan fingerprint density at radius 1 is 0.741 bits per heavy atom. The number of allylic oxidation sites excluding steroid dienone is 1. The third kappa shape index (κ3) is 5.36. The lowest BCUT2D eigenvalue weighted by Gasteiger charge is -2.73. The van der Waals surface area contributed by atoms with Crippen LogP contribution in [0, 0.1) is 73.9 Å². The van der Waals surface area contributed by atoms with Crippen molar-refractivity contribution < 1.29 is 24.2 Å². The molecule has 6 aliphatic carbocycles. The average molecular weight is 747 g/mol. The van der Waals surface area contributed by atoms with Gasteiger partial charge in [-0.15, -0.1) is 0 Å². The molecule has 2 heterocycles. The SMILES string of the molecule is C=C(C)[C@@H]1CC[C@]2(C(=O)N3CCC[C@H]3CN3CCCC3)CC[C@]3(C)[C@H](CC[C@@H]4[C@@]5(C)CC[C@H](OC(=O)[C@H]6C[C@@H](C(=O)O)C6(C)C)C(C)(C)[C@@H]5CC[C@]43C)[C@@H]12. The Bertz CT molecular complexity index is 1550. The Kier molecular flexibility index (Phi) is 9.43. The summed E-state index contributed by atoms with van der Waals surface area (Å²) in [5, 5.41) is 9.68. The van der Waals surface area contributed by atoms with E-state index in [1.807, 2.05) is 13.8 Å². The van der Waals surface area contributed by atoms with Gasteiger partial charge >= 0.3 is 11.9 Å². The number of aliphatic carboxylic acids is 1. The van der Waals surface area contributed by atoms with E-state index >= 15 is 4.79 Å². The van der Waals surface area contributed by atoms with E-state index in [9.17, 15) is 14.7 Å². The third-order valence-electron chi connectivity index (χ3n) is 19.8. The molecule has 2 saturated heterocycles. The molecule has 8 aliphatic rings. The number of carbonyl (C=O) groups is 3. The lowest BCUT2D eigenvalue weighted by atomic mass is 9.32. The zero-order chi connectivity index (χ0) is 38.8. The predicted molar refractivity (Wildman–Crippen MR) is 212 cm³/mol. The van der Waals surface area contributed by atoms with Gasteiger partial charge in [0.25, 0.3) is 0 Å². The first kappa shape index (κ1) is 39.0. The fourth-order valence-electron chi connectivity index (χ4n) is 16.5. The molecule has 0 aromatic rings. The molecule has 8 fully saturated rings. The molecule has 13 atom stereocenters. The maximum absolute atomic E-state index is 15.3. The molecule has 1 N–H and O–H groups in total. The molecule has 7 nitrogen and oxygen atoms in total. The second-order valence-electron chi connectivity index (χ2n) is 22.4. The molecule has 0 unspecified atom stereocenters. The molecule has 7 heteroatoms. The van der Waals surface area contributed by atoms with Crippen LogP contribution in [0.3, 0.4) is 0 Å². The standard InChI is InChI=1S/C47H74N2O5/c1-29(2)31-16-21-47(41(53)49-26-12-13-30(49)28-48-24-10-11-25-48)23-22-45(8)32(38(31)47)14-15-36-44(7)19-18-37(43(5,6)35(44)17-20-46(36,45)9)54-40(52)34-27-33(39(50)51)42(34,3)4/h30-38H,1,10-28H2,2-9H3,(H,50,51)/t30-,31-,32+,33-,34+,35-,36+,37-,38+,44-,45+,46+,47-/m0/s1. The van der Waals surface area contributed by atoms with Crippen LogP contribution >= 0.6 is 0 Å². The highest BCUT2D eigenvalue weighted by atomic mass is 16.5. The molecule has 0 aromatic heterocycles. The average Bonchev–Trinajstić information content (AvgIpc) is 3.87. The summed E-state index contributed by atoms with van der Waals surface area (Å²) >= 11 is 0. The summed E-state index contributed by atoms with van der Waals surface area (Å²) in [5.74, 6) is 1.09. The van der Waals surface area contributed by atoms with E-state index in [0.717, 1.165) is 70.9 Å². The Hall–Kier alpha value is -1.89. The van der Waals surface area contributed by atoms with Crippen molar-refractivity contribution >= 4 is 17.8 Å². The van der Waals surface area contributed by atoms with Gasteiger partial charge in [0.2, 0.25) is 5.91 Å². The van der Waals surface area contributed by atoms with Crippen molar-refractivity contribution in [3.63, 3.8) is 0 Å². The van der Waals surface area contributed by atoms with Crippen molar-refractivity contribution in [1.82, 2.24) is 9.80 Å². The Morgan fingerprint density at radius 3 is 2.13 bits per heavy atom. The minimum Gasteiger partial charge on any atom is -0.481 e. The second kappa shape index (κ2) is 13.1. The van der Waals surface area contributed by atoms with E-state index in [0.29, 0.717) is 48.0 Å². The zero-order valence-electron chi connectivity index (χ0n) is 35.3. The molecule has 8 rings (SSSR count). The molecular weight excluding hydrogens is 673 g/mol. The van der Waals surface area contributed by atoms with Crippen LogP contribution in [0.2, 0.25) is 0 Å². The van der Waals surface area contributed by atoms with Gasteiger partial charge in [0.15, 0.2) is 0 Å². The normalized spacial score (nSPS) is 47.8. The summed E-state index contributed by atoms with van der Waals surface area (Å²) in [6.07, 6.45) is 16.2. The van der Waals surface area contributed by atoms with Crippen LogP contribution in [0.15, 0.2) is 12.2 Å². The molecule has 6 saturated carbocycles. The number of carboxylic acid groups (broad SMARTS) is 1. The number of fused-ring (bicyclic) bond motifs is 7. The summed E-state index contributed by atoms with van der Waals surface area (Å²) in [6.45, 7) is 27.8. The fourth-order valence-corrected chi connectivity index (χ4v) is 16.5. The summed E-state index contributed by atoms with van der Waals surface area (Å²) in [5.41, 5.74) is 0.833. The van der Waals surface area contributed by atoms with Gasteiger partial charge in [0.1, 0.15) is 6.10 Å². The Balaban J connectivity index is 1.04. The summed E-state index contributed by atoms with van der Waals surface area (Å²) in [4.78, 5) is 45.7. The number of hydrogen-bond acceptors (Lipinski definition) is 5. The smallest absolute Gasteiger partial charge is 0.309 e. The van der Waals surface area contributed by atoms with Crippen molar-refractivity contribution in [3.8, 4) is 0 Å². The topological polar surface area (TPSA) is 87.2 Å². The first-order valence-electron chi connectivity index (χ1n) is 22.4. The van der Waals surface area contributed by atoms with Crippen molar-refractivity contribution in [1.29, 1.82) is 0 Å². The Labute approximate surface area is 327 Å². The van der Waals surface area contributed by atoms with Crippen LogP contribution in [0.1, 0.15) is 152 Å². The highest BCUT2D eigenvalue weighted by Gasteiger charge is 2.72. The maximum Gasteiger partial charge on any atom is 0.309 e.